The number of aromatic nitrogens is 1. The maximum Gasteiger partial charge on any atom is 0.407 e. The van der Waals surface area contributed by atoms with Gasteiger partial charge in [-0.05, 0) is 49.5 Å². The number of hydrogen-bond acceptors (Lipinski definition) is 6. The average Bonchev–Trinajstić information content (AvgIpc) is 3.44. The number of rotatable bonds is 7. The van der Waals surface area contributed by atoms with Crippen molar-refractivity contribution in [2.24, 2.45) is 5.41 Å². The van der Waals surface area contributed by atoms with Crippen molar-refractivity contribution >= 4 is 23.4 Å². The lowest BCUT2D eigenvalue weighted by Crippen LogP contribution is -2.58. The first-order chi connectivity index (χ1) is 14.5. The van der Waals surface area contributed by atoms with Crippen LogP contribution in [0.25, 0.3) is 0 Å². The fourth-order valence-corrected chi connectivity index (χ4v) is 5.55. The Morgan fingerprint density at radius 3 is 2.57 bits per heavy atom. The monoisotopic (exact) mass is 428 g/mol. The molecule has 5 rings (SSSR count). The Morgan fingerprint density at radius 2 is 1.90 bits per heavy atom. The van der Waals surface area contributed by atoms with E-state index in [-0.39, 0.29) is 41.0 Å². The summed E-state index contributed by atoms with van der Waals surface area (Å²) in [5, 5.41) is 13.2. The molecule has 3 aliphatic carbocycles. The summed E-state index contributed by atoms with van der Waals surface area (Å²) >= 11 is 1.25. The van der Waals surface area contributed by atoms with Crippen molar-refractivity contribution in [1.82, 2.24) is 10.3 Å². The molecule has 0 atom stereocenters. The van der Waals surface area contributed by atoms with Crippen LogP contribution >= 0.6 is 11.3 Å². The number of benzene rings is 1. The predicted octanol–water partition coefficient (Wildman–Crippen LogP) is 4.34. The minimum Gasteiger partial charge on any atom is -0.477 e. The molecule has 0 aliphatic heterocycles. The van der Waals surface area contributed by atoms with E-state index in [0.717, 1.165) is 49.1 Å². The van der Waals surface area contributed by atoms with Gasteiger partial charge in [-0.15, -0.1) is 11.3 Å². The number of aromatic carboxylic acids is 1. The van der Waals surface area contributed by atoms with Gasteiger partial charge in [0, 0.05) is 12.0 Å². The van der Waals surface area contributed by atoms with Crippen LogP contribution < -0.4 is 10.1 Å². The molecule has 158 valence electrons. The molecule has 8 heteroatoms. The highest BCUT2D eigenvalue weighted by Crippen LogP contribution is 2.57. The van der Waals surface area contributed by atoms with E-state index in [1.54, 1.807) is 0 Å². The van der Waals surface area contributed by atoms with Crippen molar-refractivity contribution in [1.29, 1.82) is 0 Å². The van der Waals surface area contributed by atoms with Gasteiger partial charge in [0.2, 0.25) is 5.88 Å². The van der Waals surface area contributed by atoms with Crippen molar-refractivity contribution in [3.05, 3.63) is 45.8 Å². The molecule has 30 heavy (non-hydrogen) atoms. The third-order valence-corrected chi connectivity index (χ3v) is 7.41. The number of carbonyl (C=O) groups is 2. The molecule has 1 spiro atoms. The molecule has 1 heterocycles. The first-order valence-corrected chi connectivity index (χ1v) is 11.2. The summed E-state index contributed by atoms with van der Waals surface area (Å²) in [6.45, 7) is 0.267. The highest BCUT2D eigenvalue weighted by atomic mass is 32.1. The molecule has 3 fully saturated rings. The van der Waals surface area contributed by atoms with Crippen LogP contribution in [0.1, 0.15) is 64.7 Å². The van der Waals surface area contributed by atoms with Crippen LogP contribution in [0.3, 0.4) is 0 Å². The normalized spacial score (nSPS) is 27.1. The van der Waals surface area contributed by atoms with E-state index in [4.69, 9.17) is 9.47 Å². The first kappa shape index (κ1) is 19.4. The van der Waals surface area contributed by atoms with Crippen LogP contribution in [-0.2, 0) is 11.3 Å². The van der Waals surface area contributed by atoms with Crippen molar-refractivity contribution < 1.29 is 24.2 Å². The van der Waals surface area contributed by atoms with Crippen LogP contribution in [-0.4, -0.2) is 34.3 Å². The molecule has 3 saturated carbocycles. The summed E-state index contributed by atoms with van der Waals surface area (Å²) in [5.74, 6) is -0.267. The average molecular weight is 429 g/mol. The summed E-state index contributed by atoms with van der Waals surface area (Å²) in [4.78, 5) is 28.1. The van der Waals surface area contributed by atoms with E-state index < -0.39 is 5.97 Å². The second kappa shape index (κ2) is 7.58. The smallest absolute Gasteiger partial charge is 0.407 e. The van der Waals surface area contributed by atoms with Crippen molar-refractivity contribution in [2.75, 3.05) is 0 Å². The predicted molar refractivity (Wildman–Crippen MR) is 110 cm³/mol. The first-order valence-electron chi connectivity index (χ1n) is 10.4. The molecule has 1 amide bonds. The molecule has 1 aromatic carbocycles. The van der Waals surface area contributed by atoms with E-state index in [1.165, 1.54) is 11.3 Å². The second-order valence-corrected chi connectivity index (χ2v) is 9.76. The third kappa shape index (κ3) is 4.01. The topological polar surface area (TPSA) is 97.8 Å². The maximum atomic E-state index is 12.0. The lowest BCUT2D eigenvalue weighted by Gasteiger charge is -2.56. The largest absolute Gasteiger partial charge is 0.477 e. The molecule has 0 saturated heterocycles. The highest BCUT2D eigenvalue weighted by molar-refractivity contribution is 7.14. The maximum absolute atomic E-state index is 12.0. The number of ether oxygens (including phenoxy) is 2. The number of nitrogens with zero attached hydrogens (tertiary/aromatic N) is 1. The number of carbonyl (C=O) groups excluding carboxylic acids is 1. The van der Waals surface area contributed by atoms with Gasteiger partial charge in [-0.25, -0.2) is 14.6 Å². The Morgan fingerprint density at radius 1 is 1.17 bits per heavy atom. The molecule has 2 aromatic rings. The van der Waals surface area contributed by atoms with Crippen LogP contribution in [0.2, 0.25) is 0 Å². The van der Waals surface area contributed by atoms with Crippen LogP contribution in [0.5, 0.6) is 5.88 Å². The molecule has 7 nitrogen and oxygen atoms in total. The van der Waals surface area contributed by atoms with E-state index in [0.29, 0.717) is 5.92 Å². The summed E-state index contributed by atoms with van der Waals surface area (Å²) < 4.78 is 11.2. The number of hydrogen-bond donors (Lipinski definition) is 2. The van der Waals surface area contributed by atoms with E-state index in [1.807, 2.05) is 30.3 Å². The van der Waals surface area contributed by atoms with Gasteiger partial charge >= 0.3 is 12.1 Å². The molecule has 1 aromatic heterocycles. The number of carboxylic acids is 1. The quantitative estimate of drug-likeness (QED) is 0.681. The lowest BCUT2D eigenvalue weighted by molar-refractivity contribution is -0.0856. The van der Waals surface area contributed by atoms with Crippen LogP contribution in [0, 0.1) is 5.41 Å². The van der Waals surface area contributed by atoms with Gasteiger partial charge in [-0.1, -0.05) is 30.3 Å². The zero-order valence-corrected chi connectivity index (χ0v) is 17.3. The number of alkyl carbamates (subject to hydrolysis) is 1. The summed E-state index contributed by atoms with van der Waals surface area (Å²) in [7, 11) is 0. The number of thiazole rings is 1. The minimum absolute atomic E-state index is 0.00300. The van der Waals surface area contributed by atoms with Crippen LogP contribution in [0.4, 0.5) is 4.79 Å². The fraction of sp³-hybridized carbons (Fsp3) is 0.500. The fourth-order valence-electron chi connectivity index (χ4n) is 4.54. The second-order valence-electron chi connectivity index (χ2n) is 8.73. The standard InChI is InChI=1S/C22H24N2O5S/c25-20(26)17-18(24-19(30-17)14-6-7-14)29-16-10-22(11-16)8-15(9-22)23-21(27)28-12-13-4-2-1-3-5-13/h1-5,14-16H,6-12H2,(H,23,27)(H,25,26). The van der Waals surface area contributed by atoms with E-state index >= 15 is 0 Å². The highest BCUT2D eigenvalue weighted by Gasteiger charge is 2.54. The van der Waals surface area contributed by atoms with Gasteiger partial charge in [0.1, 0.15) is 17.7 Å². The molecular weight excluding hydrogens is 404 g/mol. The zero-order valence-electron chi connectivity index (χ0n) is 16.5. The van der Waals surface area contributed by atoms with Crippen molar-refractivity contribution in [3.8, 4) is 5.88 Å². The Hall–Kier alpha value is -2.61. The van der Waals surface area contributed by atoms with Gasteiger partial charge in [-0.2, -0.15) is 0 Å². The Bertz CT molecular complexity index is 942. The molecule has 3 aliphatic rings. The van der Waals surface area contributed by atoms with Gasteiger partial charge in [0.05, 0.1) is 0 Å². The third-order valence-electron chi connectivity index (χ3n) is 6.23. The molecule has 2 N–H and O–H groups in total. The van der Waals surface area contributed by atoms with E-state index in [9.17, 15) is 14.7 Å². The molecule has 0 radical (unpaired) electrons. The number of amides is 1. The van der Waals surface area contributed by atoms with Crippen LogP contribution in [0.15, 0.2) is 30.3 Å². The summed E-state index contributed by atoms with van der Waals surface area (Å²) in [6, 6.07) is 9.73. The summed E-state index contributed by atoms with van der Waals surface area (Å²) in [6.07, 6.45) is 5.35. The van der Waals surface area contributed by atoms with Crippen molar-refractivity contribution in [3.63, 3.8) is 0 Å². The van der Waals surface area contributed by atoms with Gasteiger partial charge < -0.3 is 19.9 Å². The minimum atomic E-state index is -0.967. The van der Waals surface area contributed by atoms with Gasteiger partial charge in [0.15, 0.2) is 4.88 Å². The van der Waals surface area contributed by atoms with Gasteiger partial charge in [0.25, 0.3) is 0 Å². The molecule has 0 bridgehead atoms. The molecular formula is C22H24N2O5S. The van der Waals surface area contributed by atoms with Gasteiger partial charge in [-0.3, -0.25) is 0 Å². The number of nitrogens with one attached hydrogen (secondary N) is 1. The van der Waals surface area contributed by atoms with E-state index in [2.05, 4.69) is 10.3 Å². The Kier molecular flexibility index (Phi) is 4.89. The Labute approximate surface area is 178 Å². The van der Waals surface area contributed by atoms with Crippen molar-refractivity contribution in [2.45, 2.75) is 63.2 Å². The Balaban J connectivity index is 1.06. The zero-order chi connectivity index (χ0) is 20.7. The SMILES string of the molecule is O=C(NC1CC2(C1)CC(Oc1nc(C3CC3)sc1C(=O)O)C2)OCc1ccccc1. The summed E-state index contributed by atoms with van der Waals surface area (Å²) in [5.41, 5.74) is 1.16. The molecule has 0 unspecified atom stereocenters. The lowest BCUT2D eigenvalue weighted by atomic mass is 9.53. The number of carboxylic acid groups (broad SMARTS) is 1.